The Morgan fingerprint density at radius 2 is 1.62 bits per heavy atom. The number of rotatable bonds is 7. The van der Waals surface area contributed by atoms with Crippen LogP contribution in [0.5, 0.6) is 5.75 Å². The first-order chi connectivity index (χ1) is 15.6. The van der Waals surface area contributed by atoms with Gasteiger partial charge in [0.2, 0.25) is 0 Å². The molecule has 184 valence electrons. The minimum atomic E-state index is -5.58. The van der Waals surface area contributed by atoms with E-state index in [9.17, 15) is 46.0 Å². The molecule has 0 spiro atoms. The van der Waals surface area contributed by atoms with Crippen molar-refractivity contribution in [1.29, 1.82) is 0 Å². The van der Waals surface area contributed by atoms with Crippen LogP contribution in [0.3, 0.4) is 0 Å². The van der Waals surface area contributed by atoms with E-state index in [0.29, 0.717) is 7.11 Å². The van der Waals surface area contributed by atoms with Crippen LogP contribution >= 0.6 is 0 Å². The highest BCUT2D eigenvalue weighted by atomic mass is 19.4. The Kier molecular flexibility index (Phi) is 7.43. The molecule has 2 aromatic rings. The summed E-state index contributed by atoms with van der Waals surface area (Å²) in [5.41, 5.74) is -8.31. The summed E-state index contributed by atoms with van der Waals surface area (Å²) < 4.78 is 95.0. The molecule has 0 heterocycles. The first-order valence-corrected chi connectivity index (χ1v) is 9.06. The van der Waals surface area contributed by atoms with Crippen molar-refractivity contribution in [1.82, 2.24) is 0 Å². The van der Waals surface area contributed by atoms with Crippen molar-refractivity contribution in [3.05, 3.63) is 69.3 Å². The molecular weight excluding hydrogens is 480 g/mol. The van der Waals surface area contributed by atoms with E-state index in [1.165, 1.54) is 24.3 Å². The molecule has 0 bridgehead atoms. The van der Waals surface area contributed by atoms with Crippen molar-refractivity contribution in [2.45, 2.75) is 31.5 Å². The van der Waals surface area contributed by atoms with Crippen molar-refractivity contribution < 1.29 is 55.1 Å². The van der Waals surface area contributed by atoms with Gasteiger partial charge in [-0.2, -0.15) is 26.3 Å². The quantitative estimate of drug-likeness (QED) is 0.234. The fourth-order valence-electron chi connectivity index (χ4n) is 2.60. The topological polar surface area (TPSA) is 105 Å². The number of carbonyl (C=O) groups excluding carboxylic acids is 2. The molecule has 0 unspecified atom stereocenters. The second kappa shape index (κ2) is 9.57. The predicted molar refractivity (Wildman–Crippen MR) is 101 cm³/mol. The zero-order chi connectivity index (χ0) is 25.9. The Morgan fingerprint density at radius 3 is 2.09 bits per heavy atom. The summed E-state index contributed by atoms with van der Waals surface area (Å²) >= 11 is 0. The van der Waals surface area contributed by atoms with Crippen LogP contribution in [0.25, 0.3) is 0 Å². The zero-order valence-corrected chi connectivity index (χ0v) is 17.3. The zero-order valence-electron chi connectivity index (χ0n) is 17.3. The minimum Gasteiger partial charge on any atom is -0.465 e. The molecule has 8 nitrogen and oxygen atoms in total. The third-order valence-electron chi connectivity index (χ3n) is 4.46. The molecule has 0 saturated carbocycles. The molecule has 0 saturated heterocycles. The fraction of sp³-hybridized carbons (Fsp3) is 0.300. The van der Waals surface area contributed by atoms with Crippen LogP contribution in [-0.4, -0.2) is 35.7 Å². The average molecular weight is 495 g/mol. The van der Waals surface area contributed by atoms with E-state index in [1.54, 1.807) is 6.07 Å². The van der Waals surface area contributed by atoms with Gasteiger partial charge in [-0.15, -0.1) is 0 Å². The summed E-state index contributed by atoms with van der Waals surface area (Å²) in [6.45, 7) is -0.503. The fourth-order valence-corrected chi connectivity index (χ4v) is 2.60. The molecule has 1 atom stereocenters. The van der Waals surface area contributed by atoms with E-state index in [1.807, 2.05) is 0 Å². The van der Waals surface area contributed by atoms with E-state index >= 15 is 0 Å². The molecule has 0 radical (unpaired) electrons. The van der Waals surface area contributed by atoms with Gasteiger partial charge < -0.3 is 14.2 Å². The van der Waals surface area contributed by atoms with Crippen LogP contribution in [0.4, 0.5) is 32.0 Å². The number of nitro groups is 1. The number of ether oxygens (including phenoxy) is 3. The number of methoxy groups -OCH3 is 1. The van der Waals surface area contributed by atoms with Crippen LogP contribution in [0.1, 0.15) is 28.4 Å². The Bertz CT molecular complexity index is 1090. The summed E-state index contributed by atoms with van der Waals surface area (Å²) in [4.78, 5) is 34.0. The predicted octanol–water partition coefficient (Wildman–Crippen LogP) is 4.84. The summed E-state index contributed by atoms with van der Waals surface area (Å²) in [5, 5.41) is 11.4. The van der Waals surface area contributed by atoms with Gasteiger partial charge in [-0.1, -0.05) is 30.3 Å². The lowest BCUT2D eigenvalue weighted by Crippen LogP contribution is -2.55. The number of hydrogen-bond donors (Lipinski definition) is 0. The molecule has 0 aliphatic rings. The highest BCUT2D eigenvalue weighted by Gasteiger charge is 2.61. The number of esters is 2. The molecule has 0 amide bonds. The van der Waals surface area contributed by atoms with Crippen molar-refractivity contribution in [2.24, 2.45) is 0 Å². The maximum atomic E-state index is 13.8. The molecule has 0 aliphatic heterocycles. The number of benzene rings is 2. The number of alkyl halides is 6. The van der Waals surface area contributed by atoms with Crippen molar-refractivity contribution in [3.8, 4) is 5.75 Å². The van der Waals surface area contributed by atoms with Crippen molar-refractivity contribution in [2.75, 3.05) is 7.11 Å². The number of hydrogen-bond acceptors (Lipinski definition) is 7. The summed E-state index contributed by atoms with van der Waals surface area (Å²) in [6, 6.07) is 7.32. The molecule has 0 fully saturated rings. The SMILES string of the molecule is COC(=O)c1cc([N+](=O)[O-])c(O[C@](C)(C(=O)OCc2ccccc2)C(F)(F)F)cc1C(F)(F)F. The molecule has 2 rings (SSSR count). The van der Waals surface area contributed by atoms with E-state index in [-0.39, 0.29) is 24.6 Å². The Balaban J connectivity index is 2.58. The second-order valence-corrected chi connectivity index (χ2v) is 6.81. The average Bonchev–Trinajstić information content (AvgIpc) is 2.75. The lowest BCUT2D eigenvalue weighted by molar-refractivity contribution is -0.386. The summed E-state index contributed by atoms with van der Waals surface area (Å²) in [6.07, 6.45) is -10.9. The first kappa shape index (κ1) is 26.4. The lowest BCUT2D eigenvalue weighted by atomic mass is 10.0. The van der Waals surface area contributed by atoms with Gasteiger partial charge in [-0.05, 0) is 12.5 Å². The molecular formula is C20H15F6NO7. The van der Waals surface area contributed by atoms with Gasteiger partial charge in [-0.25, -0.2) is 9.59 Å². The van der Waals surface area contributed by atoms with Crippen LogP contribution < -0.4 is 4.74 Å². The lowest BCUT2D eigenvalue weighted by Gasteiger charge is -2.30. The van der Waals surface area contributed by atoms with Crippen LogP contribution in [0.15, 0.2) is 42.5 Å². The van der Waals surface area contributed by atoms with Gasteiger partial charge in [0, 0.05) is 12.1 Å². The third kappa shape index (κ3) is 5.55. The maximum Gasteiger partial charge on any atom is 0.439 e. The van der Waals surface area contributed by atoms with Crippen LogP contribution in [0, 0.1) is 10.1 Å². The van der Waals surface area contributed by atoms with Crippen LogP contribution in [0.2, 0.25) is 0 Å². The Hall–Kier alpha value is -3.84. The largest absolute Gasteiger partial charge is 0.465 e. The number of nitro benzene ring substituents is 1. The number of nitrogens with zero attached hydrogens (tertiary/aromatic N) is 1. The normalized spacial score (nSPS) is 13.5. The summed E-state index contributed by atoms with van der Waals surface area (Å²) in [5.74, 6) is -5.27. The number of halogens is 6. The molecule has 0 N–H and O–H groups in total. The Labute approximate surface area is 187 Å². The van der Waals surface area contributed by atoms with E-state index in [2.05, 4.69) is 14.2 Å². The molecule has 34 heavy (non-hydrogen) atoms. The molecule has 0 aliphatic carbocycles. The van der Waals surface area contributed by atoms with Gasteiger partial charge in [-0.3, -0.25) is 10.1 Å². The van der Waals surface area contributed by atoms with Gasteiger partial charge in [0.25, 0.3) is 5.60 Å². The van der Waals surface area contributed by atoms with Crippen molar-refractivity contribution in [3.63, 3.8) is 0 Å². The van der Waals surface area contributed by atoms with Gasteiger partial charge in [0.05, 0.1) is 23.2 Å². The molecule has 14 heteroatoms. The standard InChI is InChI=1S/C20H15F6NO7/c1-18(20(24,25)26,17(29)33-10-11-6-4-3-5-7-11)34-15-9-13(19(21,22)23)12(16(28)32-2)8-14(15)27(30)31/h3-9H,10H2,1-2H3/t18-/m1/s1. The van der Waals surface area contributed by atoms with E-state index in [4.69, 9.17) is 0 Å². The molecule has 0 aromatic heterocycles. The summed E-state index contributed by atoms with van der Waals surface area (Å²) in [7, 11) is 0.697. The van der Waals surface area contributed by atoms with E-state index in [0.717, 1.165) is 0 Å². The van der Waals surface area contributed by atoms with Crippen molar-refractivity contribution >= 4 is 17.6 Å². The minimum absolute atomic E-state index is 0.0517. The smallest absolute Gasteiger partial charge is 0.439 e. The highest BCUT2D eigenvalue weighted by Crippen LogP contribution is 2.43. The molecule has 2 aromatic carbocycles. The maximum absolute atomic E-state index is 13.8. The number of carbonyl (C=O) groups is 2. The second-order valence-electron chi connectivity index (χ2n) is 6.81. The van der Waals surface area contributed by atoms with Gasteiger partial charge >= 0.3 is 30.0 Å². The van der Waals surface area contributed by atoms with Gasteiger partial charge in [0.15, 0.2) is 5.75 Å². The van der Waals surface area contributed by atoms with Gasteiger partial charge in [0.1, 0.15) is 6.61 Å². The Morgan fingerprint density at radius 1 is 1.03 bits per heavy atom. The van der Waals surface area contributed by atoms with E-state index < -0.39 is 64.0 Å². The third-order valence-corrected chi connectivity index (χ3v) is 4.46. The monoisotopic (exact) mass is 495 g/mol. The van der Waals surface area contributed by atoms with Crippen LogP contribution in [-0.2, 0) is 27.1 Å². The first-order valence-electron chi connectivity index (χ1n) is 9.06. The highest BCUT2D eigenvalue weighted by molar-refractivity contribution is 5.92.